The van der Waals surface area contributed by atoms with Gasteiger partial charge >= 0.3 is 12.1 Å². The average molecular weight is 541 g/mol. The predicted octanol–water partition coefficient (Wildman–Crippen LogP) is 4.85. The van der Waals surface area contributed by atoms with Gasteiger partial charge in [-0.15, -0.1) is 0 Å². The standard InChI is InChI=1S/C27H25ClN2O6S/c1-18-11-13-21(14-12-18)37(33,34)30-16-20(22-9-6-10-23(28)25(22)30)15-24(26(31)35-2)29-27(32)36-17-19-7-4-3-5-8-19/h3-14,16,24H,15,17H2,1-2H3,(H,29,32)/t24-/m0/s1. The fourth-order valence-corrected chi connectivity index (χ4v) is 5.64. The van der Waals surface area contributed by atoms with E-state index in [9.17, 15) is 18.0 Å². The first kappa shape index (κ1) is 26.2. The fourth-order valence-electron chi connectivity index (χ4n) is 3.91. The summed E-state index contributed by atoms with van der Waals surface area (Å²) in [5.41, 5.74) is 2.45. The van der Waals surface area contributed by atoms with Crippen molar-refractivity contribution >= 4 is 44.6 Å². The Morgan fingerprint density at radius 2 is 1.70 bits per heavy atom. The topological polar surface area (TPSA) is 104 Å². The molecule has 0 fully saturated rings. The minimum Gasteiger partial charge on any atom is -0.467 e. The van der Waals surface area contributed by atoms with Gasteiger partial charge in [0.05, 0.1) is 22.5 Å². The number of hydrogen-bond donors (Lipinski definition) is 1. The van der Waals surface area contributed by atoms with E-state index in [4.69, 9.17) is 21.1 Å². The summed E-state index contributed by atoms with van der Waals surface area (Å²) in [6.45, 7) is 1.88. The molecule has 1 aromatic heterocycles. The van der Waals surface area contributed by atoms with Crippen molar-refractivity contribution < 1.29 is 27.5 Å². The Hall–Kier alpha value is -3.82. The summed E-state index contributed by atoms with van der Waals surface area (Å²) >= 11 is 6.44. The Balaban J connectivity index is 1.65. The highest BCUT2D eigenvalue weighted by Gasteiger charge is 2.28. The quantitative estimate of drug-likeness (QED) is 0.320. The van der Waals surface area contributed by atoms with E-state index in [1.54, 1.807) is 42.5 Å². The number of ether oxygens (including phenoxy) is 2. The minimum absolute atomic E-state index is 0.0181. The molecule has 1 heterocycles. The second kappa shape index (κ2) is 11.1. The van der Waals surface area contributed by atoms with Gasteiger partial charge in [0.1, 0.15) is 12.6 Å². The molecule has 3 aromatic carbocycles. The van der Waals surface area contributed by atoms with E-state index in [0.29, 0.717) is 10.9 Å². The lowest BCUT2D eigenvalue weighted by molar-refractivity contribution is -0.143. The van der Waals surface area contributed by atoms with Gasteiger partial charge in [-0.2, -0.15) is 0 Å². The van der Waals surface area contributed by atoms with E-state index in [1.165, 1.54) is 25.4 Å². The van der Waals surface area contributed by atoms with Crippen molar-refractivity contribution in [2.45, 2.75) is 30.9 Å². The van der Waals surface area contributed by atoms with Crippen LogP contribution in [0.25, 0.3) is 10.9 Å². The lowest BCUT2D eigenvalue weighted by Gasteiger charge is -2.16. The number of esters is 1. The van der Waals surface area contributed by atoms with Gasteiger partial charge < -0.3 is 14.8 Å². The summed E-state index contributed by atoms with van der Waals surface area (Å²) in [5, 5.41) is 3.28. The number of hydrogen-bond acceptors (Lipinski definition) is 6. The third kappa shape index (κ3) is 5.79. The van der Waals surface area contributed by atoms with Gasteiger partial charge in [0.2, 0.25) is 0 Å². The number of fused-ring (bicyclic) bond motifs is 1. The number of alkyl carbamates (subject to hydrolysis) is 1. The van der Waals surface area contributed by atoms with Crippen molar-refractivity contribution in [3.8, 4) is 0 Å². The van der Waals surface area contributed by atoms with Crippen molar-refractivity contribution in [3.63, 3.8) is 0 Å². The number of amides is 1. The molecule has 0 saturated heterocycles. The van der Waals surface area contributed by atoms with Crippen LogP contribution in [0, 0.1) is 6.92 Å². The van der Waals surface area contributed by atoms with E-state index in [2.05, 4.69) is 5.32 Å². The fraction of sp³-hybridized carbons (Fsp3) is 0.185. The molecular weight excluding hydrogens is 516 g/mol. The molecule has 4 rings (SSSR count). The molecular formula is C27H25ClN2O6S. The van der Waals surface area contributed by atoms with Crippen LogP contribution in [0.5, 0.6) is 0 Å². The third-order valence-electron chi connectivity index (χ3n) is 5.82. The summed E-state index contributed by atoms with van der Waals surface area (Å²) in [4.78, 5) is 25.1. The zero-order valence-corrected chi connectivity index (χ0v) is 21.8. The van der Waals surface area contributed by atoms with Gasteiger partial charge in [-0.25, -0.2) is 22.0 Å². The molecule has 37 heavy (non-hydrogen) atoms. The minimum atomic E-state index is -4.00. The van der Waals surface area contributed by atoms with Crippen LogP contribution in [0.4, 0.5) is 4.79 Å². The first-order valence-corrected chi connectivity index (χ1v) is 13.2. The van der Waals surface area contributed by atoms with Gasteiger partial charge in [0, 0.05) is 18.0 Å². The molecule has 10 heteroatoms. The van der Waals surface area contributed by atoms with Crippen LogP contribution in [0.15, 0.2) is 83.9 Å². The van der Waals surface area contributed by atoms with Gasteiger partial charge in [-0.3, -0.25) is 0 Å². The smallest absolute Gasteiger partial charge is 0.408 e. The van der Waals surface area contributed by atoms with Crippen molar-refractivity contribution in [1.29, 1.82) is 0 Å². The molecule has 0 unspecified atom stereocenters. The molecule has 1 amide bonds. The Morgan fingerprint density at radius 3 is 2.38 bits per heavy atom. The Labute approximate surface area is 219 Å². The maximum Gasteiger partial charge on any atom is 0.408 e. The Kier molecular flexibility index (Phi) is 7.85. The zero-order valence-electron chi connectivity index (χ0n) is 20.2. The maximum absolute atomic E-state index is 13.5. The van der Waals surface area contributed by atoms with E-state index in [1.807, 2.05) is 25.1 Å². The van der Waals surface area contributed by atoms with Gasteiger partial charge in [0.25, 0.3) is 10.0 Å². The van der Waals surface area contributed by atoms with Crippen LogP contribution in [0.3, 0.4) is 0 Å². The predicted molar refractivity (Wildman–Crippen MR) is 140 cm³/mol. The molecule has 0 aliphatic rings. The number of carbonyl (C=O) groups is 2. The summed E-state index contributed by atoms with van der Waals surface area (Å²) in [6.07, 6.45) is 0.548. The summed E-state index contributed by atoms with van der Waals surface area (Å²) in [6, 6.07) is 19.4. The molecule has 0 radical (unpaired) electrons. The number of carbonyl (C=O) groups excluding carboxylic acids is 2. The normalized spacial score (nSPS) is 12.2. The van der Waals surface area contributed by atoms with Crippen LogP contribution < -0.4 is 5.32 Å². The number of nitrogens with zero attached hydrogens (tertiary/aromatic N) is 1. The number of halogens is 1. The molecule has 192 valence electrons. The number of para-hydroxylation sites is 1. The average Bonchev–Trinajstić information content (AvgIpc) is 3.28. The van der Waals surface area contributed by atoms with Gasteiger partial charge in [-0.05, 0) is 36.2 Å². The molecule has 0 spiro atoms. The van der Waals surface area contributed by atoms with Crippen molar-refractivity contribution in [2.24, 2.45) is 0 Å². The zero-order chi connectivity index (χ0) is 26.6. The van der Waals surface area contributed by atoms with Crippen LogP contribution in [-0.4, -0.2) is 37.6 Å². The van der Waals surface area contributed by atoms with Gasteiger partial charge in [0.15, 0.2) is 0 Å². The molecule has 0 aliphatic carbocycles. The van der Waals surface area contributed by atoms with Crippen LogP contribution in [0.1, 0.15) is 16.7 Å². The highest BCUT2D eigenvalue weighted by Crippen LogP contribution is 2.32. The first-order valence-electron chi connectivity index (χ1n) is 11.4. The lowest BCUT2D eigenvalue weighted by Crippen LogP contribution is -2.43. The Bertz CT molecular complexity index is 1530. The number of benzene rings is 3. The monoisotopic (exact) mass is 540 g/mol. The number of methoxy groups -OCH3 is 1. The second-order valence-corrected chi connectivity index (χ2v) is 10.6. The molecule has 4 aromatic rings. The first-order chi connectivity index (χ1) is 17.7. The molecule has 0 bridgehead atoms. The number of aryl methyl sites for hydroxylation is 1. The summed E-state index contributed by atoms with van der Waals surface area (Å²) in [5.74, 6) is -0.707. The highest BCUT2D eigenvalue weighted by molar-refractivity contribution is 7.90. The number of aromatic nitrogens is 1. The highest BCUT2D eigenvalue weighted by atomic mass is 35.5. The van der Waals surface area contributed by atoms with Crippen molar-refractivity contribution in [3.05, 3.63) is 101 Å². The number of nitrogens with one attached hydrogen (secondary N) is 1. The maximum atomic E-state index is 13.5. The molecule has 1 atom stereocenters. The molecule has 8 nitrogen and oxygen atoms in total. The van der Waals surface area contributed by atoms with Crippen molar-refractivity contribution in [2.75, 3.05) is 7.11 Å². The SMILES string of the molecule is COC(=O)[C@H](Cc1cn(S(=O)(=O)c2ccc(C)cc2)c2c(Cl)cccc12)NC(=O)OCc1ccccc1. The summed E-state index contributed by atoms with van der Waals surface area (Å²) < 4.78 is 38.3. The largest absolute Gasteiger partial charge is 0.467 e. The third-order valence-corrected chi connectivity index (χ3v) is 7.80. The van der Waals surface area contributed by atoms with Crippen LogP contribution >= 0.6 is 11.6 Å². The second-order valence-electron chi connectivity index (χ2n) is 8.39. The van der Waals surface area contributed by atoms with E-state index < -0.39 is 28.1 Å². The summed E-state index contributed by atoms with van der Waals surface area (Å²) in [7, 11) is -2.80. The molecule has 0 saturated carbocycles. The molecule has 1 N–H and O–H groups in total. The number of rotatable bonds is 8. The van der Waals surface area contributed by atoms with E-state index in [-0.39, 0.29) is 28.5 Å². The lowest BCUT2D eigenvalue weighted by atomic mass is 10.1. The molecule has 0 aliphatic heterocycles. The van der Waals surface area contributed by atoms with Crippen molar-refractivity contribution in [1.82, 2.24) is 9.29 Å². The van der Waals surface area contributed by atoms with E-state index in [0.717, 1.165) is 15.1 Å². The van der Waals surface area contributed by atoms with Crippen LogP contribution in [0.2, 0.25) is 5.02 Å². The van der Waals surface area contributed by atoms with Gasteiger partial charge in [-0.1, -0.05) is 71.8 Å². The van der Waals surface area contributed by atoms with Crippen LogP contribution in [-0.2, 0) is 37.3 Å². The Morgan fingerprint density at radius 1 is 1.00 bits per heavy atom. The van der Waals surface area contributed by atoms with E-state index >= 15 is 0 Å².